The van der Waals surface area contributed by atoms with Crippen LogP contribution in [0.1, 0.15) is 55.3 Å². The minimum absolute atomic E-state index is 0.0313. The average molecular weight is 393 g/mol. The molecule has 5 heteroatoms. The van der Waals surface area contributed by atoms with Gasteiger partial charge in [0.2, 0.25) is 0 Å². The van der Waals surface area contributed by atoms with E-state index in [-0.39, 0.29) is 22.9 Å². The molecule has 2 fully saturated rings. The molecular weight excluding hydrogens is 369 g/mol. The van der Waals surface area contributed by atoms with Crippen LogP contribution >= 0.6 is 0 Å². The second-order valence-corrected chi connectivity index (χ2v) is 7.72. The molecule has 0 bridgehead atoms. The topological polar surface area (TPSA) is 57.6 Å². The molecule has 0 aromatic heterocycles. The third-order valence-corrected chi connectivity index (χ3v) is 6.03. The summed E-state index contributed by atoms with van der Waals surface area (Å²) in [6, 6.07) is 12.3. The normalized spacial score (nSPS) is 21.9. The third-order valence-electron chi connectivity index (χ3n) is 6.03. The zero-order valence-electron chi connectivity index (χ0n) is 16.4. The maximum absolute atomic E-state index is 14.7. The van der Waals surface area contributed by atoms with Gasteiger partial charge in [0, 0.05) is 17.2 Å². The lowest BCUT2D eigenvalue weighted by Gasteiger charge is -2.30. The molecule has 1 atom stereocenters. The Kier molecular flexibility index (Phi) is 5.22. The summed E-state index contributed by atoms with van der Waals surface area (Å²) in [5.74, 6) is -2.14. The lowest BCUT2D eigenvalue weighted by Crippen LogP contribution is -2.38. The number of hydrogen-bond donors (Lipinski definition) is 1. The van der Waals surface area contributed by atoms with Crippen LogP contribution < -0.4 is 0 Å². The van der Waals surface area contributed by atoms with Gasteiger partial charge in [0.15, 0.2) is 0 Å². The van der Waals surface area contributed by atoms with Gasteiger partial charge in [-0.15, -0.1) is 0 Å². The monoisotopic (exact) mass is 393 g/mol. The van der Waals surface area contributed by atoms with E-state index in [0.29, 0.717) is 5.56 Å². The highest BCUT2D eigenvalue weighted by Crippen LogP contribution is 2.44. The van der Waals surface area contributed by atoms with Gasteiger partial charge in [0.1, 0.15) is 11.6 Å². The Bertz CT molecular complexity index is 974. The van der Waals surface area contributed by atoms with Crippen molar-refractivity contribution in [3.63, 3.8) is 0 Å². The Morgan fingerprint density at radius 1 is 1.07 bits per heavy atom. The molecule has 0 spiro atoms. The second kappa shape index (κ2) is 7.82. The maximum Gasteiger partial charge on any atom is 0.295 e. The largest absolute Gasteiger partial charge is 0.507 e. The number of aliphatic hydroxyl groups excluding tert-OH is 1. The molecule has 150 valence electrons. The van der Waals surface area contributed by atoms with Crippen LogP contribution in [-0.4, -0.2) is 27.7 Å². The van der Waals surface area contributed by atoms with E-state index in [2.05, 4.69) is 0 Å². The lowest BCUT2D eigenvalue weighted by molar-refractivity contribution is -0.141. The van der Waals surface area contributed by atoms with Gasteiger partial charge < -0.3 is 10.0 Å². The zero-order valence-corrected chi connectivity index (χ0v) is 16.4. The van der Waals surface area contributed by atoms with Crippen molar-refractivity contribution >= 4 is 17.4 Å². The number of Topliss-reactive ketones (excluding diaryl/α,β-unsaturated/α-hetero) is 1. The van der Waals surface area contributed by atoms with E-state index < -0.39 is 23.5 Å². The number of carbonyl (C=O) groups excluding carboxylic acids is 2. The van der Waals surface area contributed by atoms with Crippen LogP contribution in [0.4, 0.5) is 4.39 Å². The summed E-state index contributed by atoms with van der Waals surface area (Å²) >= 11 is 0. The molecule has 2 aliphatic rings. The molecule has 4 nitrogen and oxygen atoms in total. The first kappa shape index (κ1) is 19.4. The number of aryl methyl sites for hydroxylation is 1. The Labute approximate surface area is 169 Å². The van der Waals surface area contributed by atoms with Gasteiger partial charge >= 0.3 is 0 Å². The van der Waals surface area contributed by atoms with Crippen molar-refractivity contribution < 1.29 is 19.1 Å². The highest BCUT2D eigenvalue weighted by atomic mass is 19.1. The van der Waals surface area contributed by atoms with Gasteiger partial charge in [0.05, 0.1) is 11.6 Å². The van der Waals surface area contributed by atoms with Crippen molar-refractivity contribution in [1.29, 1.82) is 0 Å². The van der Waals surface area contributed by atoms with E-state index in [4.69, 9.17) is 0 Å². The van der Waals surface area contributed by atoms with Crippen LogP contribution in [0.3, 0.4) is 0 Å². The van der Waals surface area contributed by atoms with Crippen LogP contribution in [0.25, 0.3) is 5.76 Å². The molecule has 1 saturated carbocycles. The first-order valence-corrected chi connectivity index (χ1v) is 10.2. The van der Waals surface area contributed by atoms with E-state index >= 15 is 0 Å². The molecule has 29 heavy (non-hydrogen) atoms. The molecule has 1 aliphatic carbocycles. The van der Waals surface area contributed by atoms with Crippen LogP contribution in [0.15, 0.2) is 54.1 Å². The fourth-order valence-electron chi connectivity index (χ4n) is 4.47. The van der Waals surface area contributed by atoms with Crippen molar-refractivity contribution in [2.75, 3.05) is 0 Å². The van der Waals surface area contributed by atoms with Gasteiger partial charge in [-0.05, 0) is 30.9 Å². The Morgan fingerprint density at radius 2 is 1.72 bits per heavy atom. The summed E-state index contributed by atoms with van der Waals surface area (Å²) in [4.78, 5) is 27.4. The summed E-state index contributed by atoms with van der Waals surface area (Å²) in [6.45, 7) is 2.03. The first-order valence-electron chi connectivity index (χ1n) is 10.2. The van der Waals surface area contributed by atoms with E-state index in [1.807, 2.05) is 19.1 Å². The molecule has 1 saturated heterocycles. The number of amides is 1. The predicted octanol–water partition coefficient (Wildman–Crippen LogP) is 4.75. The summed E-state index contributed by atoms with van der Waals surface area (Å²) in [5, 5.41) is 11.0. The van der Waals surface area contributed by atoms with Gasteiger partial charge in [0.25, 0.3) is 11.7 Å². The summed E-state index contributed by atoms with van der Waals surface area (Å²) in [7, 11) is 0. The smallest absolute Gasteiger partial charge is 0.295 e. The number of benzene rings is 2. The highest BCUT2D eigenvalue weighted by molar-refractivity contribution is 6.46. The van der Waals surface area contributed by atoms with Gasteiger partial charge in [-0.1, -0.05) is 62.2 Å². The second-order valence-electron chi connectivity index (χ2n) is 7.72. The molecule has 2 aromatic rings. The SMILES string of the molecule is CCc1ccc(/C(O)=C2/C(=O)C(=O)N(C3CCCC3)C2c2ccccc2F)cc1. The zero-order chi connectivity index (χ0) is 20.5. The first-order chi connectivity index (χ1) is 14.0. The third kappa shape index (κ3) is 3.35. The minimum Gasteiger partial charge on any atom is -0.507 e. The van der Waals surface area contributed by atoms with Crippen LogP contribution in [0, 0.1) is 5.82 Å². The molecule has 1 N–H and O–H groups in total. The van der Waals surface area contributed by atoms with Gasteiger partial charge in [-0.25, -0.2) is 4.39 Å². The number of ketones is 1. The number of hydrogen-bond acceptors (Lipinski definition) is 3. The van der Waals surface area contributed by atoms with E-state index in [0.717, 1.165) is 37.7 Å². The van der Waals surface area contributed by atoms with Gasteiger partial charge in [-0.3, -0.25) is 9.59 Å². The summed E-state index contributed by atoms with van der Waals surface area (Å²) < 4.78 is 14.7. The Morgan fingerprint density at radius 3 is 2.34 bits per heavy atom. The van der Waals surface area contributed by atoms with Crippen molar-refractivity contribution in [3.8, 4) is 0 Å². The minimum atomic E-state index is -0.912. The standard InChI is InChI=1S/C24H24FNO3/c1-2-15-11-13-16(14-12-15)22(27)20-21(18-9-5-6-10-19(18)25)26(24(29)23(20)28)17-7-3-4-8-17/h5-6,9-14,17,21,27H,2-4,7-8H2,1H3/b22-20-. The molecule has 2 aromatic carbocycles. The van der Waals surface area contributed by atoms with E-state index in [1.54, 1.807) is 30.3 Å². The van der Waals surface area contributed by atoms with Crippen molar-refractivity contribution in [2.45, 2.75) is 51.1 Å². The molecule has 1 aliphatic heterocycles. The fraction of sp³-hybridized carbons (Fsp3) is 0.333. The maximum atomic E-state index is 14.7. The number of likely N-dealkylation sites (tertiary alicyclic amines) is 1. The molecule has 1 amide bonds. The average Bonchev–Trinajstić information content (AvgIpc) is 3.35. The number of halogens is 1. The highest BCUT2D eigenvalue weighted by Gasteiger charge is 2.49. The summed E-state index contributed by atoms with van der Waals surface area (Å²) in [6.07, 6.45) is 4.35. The number of rotatable bonds is 4. The Hall–Kier alpha value is -2.95. The number of aliphatic hydroxyl groups is 1. The lowest BCUT2D eigenvalue weighted by atomic mass is 9.94. The summed E-state index contributed by atoms with van der Waals surface area (Å²) in [5.41, 5.74) is 1.76. The number of nitrogens with zero attached hydrogens (tertiary/aromatic N) is 1. The van der Waals surface area contributed by atoms with Crippen molar-refractivity contribution in [2.24, 2.45) is 0 Å². The quantitative estimate of drug-likeness (QED) is 0.463. The predicted molar refractivity (Wildman–Crippen MR) is 109 cm³/mol. The molecule has 0 radical (unpaired) electrons. The molecule has 1 unspecified atom stereocenters. The van der Waals surface area contributed by atoms with Crippen molar-refractivity contribution in [1.82, 2.24) is 4.90 Å². The van der Waals surface area contributed by atoms with E-state index in [9.17, 15) is 19.1 Å². The van der Waals surface area contributed by atoms with Crippen molar-refractivity contribution in [3.05, 3.63) is 76.6 Å². The van der Waals surface area contributed by atoms with Crippen LogP contribution in [0.5, 0.6) is 0 Å². The fourth-order valence-corrected chi connectivity index (χ4v) is 4.47. The number of carbonyl (C=O) groups is 2. The van der Waals surface area contributed by atoms with Crippen LogP contribution in [0.2, 0.25) is 0 Å². The Balaban J connectivity index is 1.88. The van der Waals surface area contributed by atoms with Gasteiger partial charge in [-0.2, -0.15) is 0 Å². The molecular formula is C24H24FNO3. The molecule has 1 heterocycles. The molecule has 4 rings (SSSR count). The van der Waals surface area contributed by atoms with Crippen LogP contribution in [-0.2, 0) is 16.0 Å². The van der Waals surface area contributed by atoms with E-state index in [1.165, 1.54) is 11.0 Å².